The molecule has 3 aromatic rings. The van der Waals surface area contributed by atoms with Crippen LogP contribution in [0.25, 0.3) is 0 Å². The van der Waals surface area contributed by atoms with Gasteiger partial charge in [0.1, 0.15) is 0 Å². The maximum absolute atomic E-state index is 13.2. The predicted octanol–water partition coefficient (Wildman–Crippen LogP) is 2.90. The first-order chi connectivity index (χ1) is 15.8. The fourth-order valence-electron chi connectivity index (χ4n) is 4.86. The number of aryl methyl sites for hydroxylation is 1. The molecule has 0 atom stereocenters. The zero-order chi connectivity index (χ0) is 23.3. The molecule has 4 heterocycles. The van der Waals surface area contributed by atoms with Gasteiger partial charge in [-0.1, -0.05) is 0 Å². The van der Waals surface area contributed by atoms with Gasteiger partial charge in [0.25, 0.3) is 11.8 Å². The van der Waals surface area contributed by atoms with Gasteiger partial charge >= 0.3 is 0 Å². The van der Waals surface area contributed by atoms with E-state index in [1.54, 1.807) is 53.4 Å². The van der Waals surface area contributed by atoms with Crippen molar-refractivity contribution in [1.29, 1.82) is 5.26 Å². The molecule has 1 saturated heterocycles. The lowest BCUT2D eigenvalue weighted by Gasteiger charge is -2.39. The third-order valence-electron chi connectivity index (χ3n) is 6.56. The van der Waals surface area contributed by atoms with Crippen LogP contribution in [0.5, 0.6) is 0 Å². The third-order valence-corrected chi connectivity index (χ3v) is 6.56. The molecule has 2 aromatic heterocycles. The molecule has 1 fully saturated rings. The SMILES string of the molecule is Cn1cc(C(=O)N2CC(Cc3cncc(N4C(=O)c5ccc(C#N)cc5C4(C)C)c3)C2)cn1. The largest absolute Gasteiger partial charge is 0.338 e. The van der Waals surface area contributed by atoms with Crippen molar-refractivity contribution in [1.82, 2.24) is 19.7 Å². The van der Waals surface area contributed by atoms with Crippen LogP contribution in [0.3, 0.4) is 0 Å². The molecule has 2 aliphatic rings. The lowest BCUT2D eigenvalue weighted by Crippen LogP contribution is -2.50. The van der Waals surface area contributed by atoms with Gasteiger partial charge in [-0.25, -0.2) is 0 Å². The molecular formula is C25H24N6O2. The van der Waals surface area contributed by atoms with Gasteiger partial charge in [-0.2, -0.15) is 10.4 Å². The van der Waals surface area contributed by atoms with E-state index in [2.05, 4.69) is 16.2 Å². The summed E-state index contributed by atoms with van der Waals surface area (Å²) in [5.74, 6) is 0.265. The summed E-state index contributed by atoms with van der Waals surface area (Å²) in [5, 5.41) is 13.3. The summed E-state index contributed by atoms with van der Waals surface area (Å²) in [6.45, 7) is 5.35. The molecule has 8 nitrogen and oxygen atoms in total. The van der Waals surface area contributed by atoms with Gasteiger partial charge in [0, 0.05) is 38.1 Å². The Hall–Kier alpha value is -3.99. The van der Waals surface area contributed by atoms with Crippen LogP contribution in [-0.2, 0) is 19.0 Å². The third kappa shape index (κ3) is 3.46. The molecule has 8 heteroatoms. The highest BCUT2D eigenvalue weighted by molar-refractivity contribution is 6.12. The maximum Gasteiger partial charge on any atom is 0.259 e. The molecule has 33 heavy (non-hydrogen) atoms. The fraction of sp³-hybridized carbons (Fsp3) is 0.320. The second-order valence-electron chi connectivity index (χ2n) is 9.31. The predicted molar refractivity (Wildman–Crippen MR) is 122 cm³/mol. The van der Waals surface area contributed by atoms with E-state index in [9.17, 15) is 14.9 Å². The number of benzene rings is 1. The minimum atomic E-state index is -0.594. The Balaban J connectivity index is 1.31. The Morgan fingerprint density at radius 3 is 2.70 bits per heavy atom. The second-order valence-corrected chi connectivity index (χ2v) is 9.31. The van der Waals surface area contributed by atoms with Gasteiger partial charge in [0.2, 0.25) is 0 Å². The first kappa shape index (κ1) is 20.9. The number of nitriles is 1. The molecule has 0 spiro atoms. The van der Waals surface area contributed by atoms with Crippen LogP contribution < -0.4 is 4.90 Å². The van der Waals surface area contributed by atoms with Crippen molar-refractivity contribution >= 4 is 17.5 Å². The van der Waals surface area contributed by atoms with E-state index in [-0.39, 0.29) is 11.8 Å². The van der Waals surface area contributed by atoms with Crippen molar-refractivity contribution in [2.45, 2.75) is 25.8 Å². The lowest BCUT2D eigenvalue weighted by molar-refractivity contribution is 0.0501. The van der Waals surface area contributed by atoms with Crippen molar-refractivity contribution in [3.8, 4) is 6.07 Å². The number of pyridine rings is 1. The summed E-state index contributed by atoms with van der Waals surface area (Å²) in [4.78, 5) is 33.7. The van der Waals surface area contributed by atoms with Crippen molar-refractivity contribution in [3.05, 3.63) is 76.9 Å². The number of carbonyl (C=O) groups excluding carboxylic acids is 2. The minimum absolute atomic E-state index is 0.00476. The molecule has 5 rings (SSSR count). The zero-order valence-electron chi connectivity index (χ0n) is 18.8. The van der Waals surface area contributed by atoms with Crippen molar-refractivity contribution in [2.24, 2.45) is 13.0 Å². The van der Waals surface area contributed by atoms with Crippen LogP contribution in [0, 0.1) is 17.2 Å². The average molecular weight is 441 g/mol. The van der Waals surface area contributed by atoms with Crippen molar-refractivity contribution in [3.63, 3.8) is 0 Å². The molecule has 0 bridgehead atoms. The number of anilines is 1. The maximum atomic E-state index is 13.2. The summed E-state index contributed by atoms with van der Waals surface area (Å²) in [5.41, 5.74) is 3.78. The van der Waals surface area contributed by atoms with E-state index in [4.69, 9.17) is 0 Å². The number of likely N-dealkylation sites (tertiary alicyclic amines) is 1. The molecule has 0 unspecified atom stereocenters. The molecule has 0 saturated carbocycles. The van der Waals surface area contributed by atoms with E-state index >= 15 is 0 Å². The highest BCUT2D eigenvalue weighted by Gasteiger charge is 2.44. The van der Waals surface area contributed by atoms with Crippen molar-refractivity contribution in [2.75, 3.05) is 18.0 Å². The smallest absolute Gasteiger partial charge is 0.259 e. The highest BCUT2D eigenvalue weighted by atomic mass is 16.2. The first-order valence-corrected chi connectivity index (χ1v) is 10.9. The van der Waals surface area contributed by atoms with Gasteiger partial charge in [0.15, 0.2) is 0 Å². The number of nitrogens with zero attached hydrogens (tertiary/aromatic N) is 6. The Morgan fingerprint density at radius 2 is 2.00 bits per heavy atom. The van der Waals surface area contributed by atoms with Crippen molar-refractivity contribution < 1.29 is 9.59 Å². The van der Waals surface area contributed by atoms with Gasteiger partial charge in [-0.15, -0.1) is 0 Å². The molecule has 0 aliphatic carbocycles. The van der Waals surface area contributed by atoms with Crippen LogP contribution in [-0.4, -0.2) is 44.6 Å². The Bertz CT molecular complexity index is 1310. The monoisotopic (exact) mass is 440 g/mol. The van der Waals surface area contributed by atoms with Gasteiger partial charge < -0.3 is 4.90 Å². The van der Waals surface area contributed by atoms with Crippen LogP contribution in [0.4, 0.5) is 5.69 Å². The van der Waals surface area contributed by atoms with E-state index in [0.29, 0.717) is 35.7 Å². The number of hydrogen-bond donors (Lipinski definition) is 0. The molecule has 166 valence electrons. The van der Waals surface area contributed by atoms with Gasteiger partial charge in [-0.3, -0.25) is 24.2 Å². The fourth-order valence-corrected chi connectivity index (χ4v) is 4.86. The highest BCUT2D eigenvalue weighted by Crippen LogP contribution is 2.42. The number of hydrogen-bond acceptors (Lipinski definition) is 5. The number of aromatic nitrogens is 3. The number of carbonyl (C=O) groups is 2. The van der Waals surface area contributed by atoms with E-state index < -0.39 is 5.54 Å². The number of amides is 2. The first-order valence-electron chi connectivity index (χ1n) is 10.9. The Labute approximate surface area is 192 Å². The summed E-state index contributed by atoms with van der Waals surface area (Å²) >= 11 is 0. The average Bonchev–Trinajstić information content (AvgIpc) is 3.29. The molecule has 2 amide bonds. The summed E-state index contributed by atoms with van der Waals surface area (Å²) in [6.07, 6.45) is 7.64. The molecule has 1 aromatic carbocycles. The summed E-state index contributed by atoms with van der Waals surface area (Å²) in [7, 11) is 1.79. The number of fused-ring (bicyclic) bond motifs is 1. The zero-order valence-corrected chi connectivity index (χ0v) is 18.8. The second kappa shape index (κ2) is 7.55. The Kier molecular flexibility index (Phi) is 4.78. The van der Waals surface area contributed by atoms with E-state index in [0.717, 1.165) is 23.2 Å². The molecule has 0 radical (unpaired) electrons. The quantitative estimate of drug-likeness (QED) is 0.622. The molecular weight excluding hydrogens is 416 g/mol. The minimum Gasteiger partial charge on any atom is -0.338 e. The normalized spacial score (nSPS) is 17.0. The van der Waals surface area contributed by atoms with Crippen LogP contribution in [0.15, 0.2) is 49.1 Å². The Morgan fingerprint density at radius 1 is 1.21 bits per heavy atom. The molecule has 0 N–H and O–H groups in total. The van der Waals surface area contributed by atoms with Gasteiger partial charge in [-0.05, 0) is 61.6 Å². The summed E-state index contributed by atoms with van der Waals surface area (Å²) in [6, 6.07) is 9.38. The standard InChI is InChI=1S/C25H24N6O2/c1-25(2)22-8-16(9-26)4-5-21(22)24(33)31(25)20-7-17(10-27-12-20)6-18-13-30(14-18)23(32)19-11-28-29(3)15-19/h4-5,7-8,10-12,15,18H,6,13-14H2,1-3H3. The summed E-state index contributed by atoms with van der Waals surface area (Å²) < 4.78 is 1.63. The van der Waals surface area contributed by atoms with E-state index in [1.807, 2.05) is 31.0 Å². The van der Waals surface area contributed by atoms with Crippen LogP contribution >= 0.6 is 0 Å². The van der Waals surface area contributed by atoms with Crippen LogP contribution in [0.1, 0.15) is 51.3 Å². The lowest BCUT2D eigenvalue weighted by atomic mass is 9.91. The van der Waals surface area contributed by atoms with E-state index in [1.165, 1.54) is 0 Å². The molecule has 2 aliphatic heterocycles. The number of rotatable bonds is 4. The van der Waals surface area contributed by atoms with Crippen LogP contribution in [0.2, 0.25) is 0 Å². The topological polar surface area (TPSA) is 95.1 Å². The van der Waals surface area contributed by atoms with Gasteiger partial charge in [0.05, 0.1) is 40.8 Å².